The highest BCUT2D eigenvalue weighted by molar-refractivity contribution is 5.24. The molecule has 0 unspecified atom stereocenters. The smallest absolute Gasteiger partial charge is 0.119 e. The standard InChI is InChI=1S/C25H44O8.C6H14.C2H6/c1-2-3-4-5-11-27-12-13-28-14-15-29-16-17-30-18-19-31-20-21-32-22-23-33-25-8-6-7-24(26)9-10-25;1-5-6(2,3)4;1-2/h6,8-10,26H,2-5,7,11-23H2,1H3;5H2,1-4H3;1-2H3. The minimum absolute atomic E-state index is 0.324. The number of rotatable bonds is 24. The van der Waals surface area contributed by atoms with Crippen molar-refractivity contribution in [1.29, 1.82) is 0 Å². The zero-order valence-electron chi connectivity index (χ0n) is 27.5. The van der Waals surface area contributed by atoms with Crippen molar-refractivity contribution in [3.05, 3.63) is 35.8 Å². The summed E-state index contributed by atoms with van der Waals surface area (Å²) in [5.41, 5.74) is 0.542. The molecule has 1 aliphatic rings. The van der Waals surface area contributed by atoms with Gasteiger partial charge in [0.1, 0.15) is 12.4 Å². The first-order valence-electron chi connectivity index (χ1n) is 15.7. The van der Waals surface area contributed by atoms with Crippen LogP contribution >= 0.6 is 0 Å². The third kappa shape index (κ3) is 36.6. The Hall–Kier alpha value is -1.42. The van der Waals surface area contributed by atoms with Gasteiger partial charge in [-0.15, -0.1) is 0 Å². The maximum Gasteiger partial charge on any atom is 0.119 e. The molecule has 0 amide bonds. The Labute approximate surface area is 252 Å². The predicted molar refractivity (Wildman–Crippen MR) is 169 cm³/mol. The molecule has 0 aromatic carbocycles. The fourth-order valence-corrected chi connectivity index (χ4v) is 2.74. The molecular formula is C33H64O8. The summed E-state index contributed by atoms with van der Waals surface area (Å²) in [5.74, 6) is 1.04. The van der Waals surface area contributed by atoms with Gasteiger partial charge in [0.15, 0.2) is 0 Å². The van der Waals surface area contributed by atoms with E-state index in [1.54, 1.807) is 12.2 Å². The molecular weight excluding hydrogens is 524 g/mol. The van der Waals surface area contributed by atoms with Crippen LogP contribution in [0.2, 0.25) is 0 Å². The largest absolute Gasteiger partial charge is 0.512 e. The van der Waals surface area contributed by atoms with Gasteiger partial charge >= 0.3 is 0 Å². The highest BCUT2D eigenvalue weighted by atomic mass is 16.6. The van der Waals surface area contributed by atoms with Gasteiger partial charge in [0.2, 0.25) is 0 Å². The molecule has 0 aliphatic heterocycles. The van der Waals surface area contributed by atoms with E-state index in [9.17, 15) is 5.11 Å². The van der Waals surface area contributed by atoms with Crippen LogP contribution in [0.15, 0.2) is 35.8 Å². The average molecular weight is 589 g/mol. The van der Waals surface area contributed by atoms with Crippen LogP contribution in [0.1, 0.15) is 87.0 Å². The first kappa shape index (κ1) is 41.7. The lowest BCUT2D eigenvalue weighted by Crippen LogP contribution is -2.14. The maximum atomic E-state index is 9.41. The monoisotopic (exact) mass is 588 g/mol. The Balaban J connectivity index is 0. The molecule has 0 spiro atoms. The third-order valence-corrected chi connectivity index (χ3v) is 5.61. The van der Waals surface area contributed by atoms with Gasteiger partial charge in [0.25, 0.3) is 0 Å². The van der Waals surface area contributed by atoms with Crippen LogP contribution < -0.4 is 0 Å². The summed E-state index contributed by atoms with van der Waals surface area (Å²) < 4.78 is 38.4. The number of ether oxygens (including phenoxy) is 7. The van der Waals surface area contributed by atoms with E-state index < -0.39 is 0 Å². The van der Waals surface area contributed by atoms with E-state index in [2.05, 4.69) is 34.6 Å². The molecule has 0 saturated heterocycles. The van der Waals surface area contributed by atoms with Crippen LogP contribution in [0, 0.1) is 5.41 Å². The van der Waals surface area contributed by atoms with E-state index in [1.165, 1.54) is 25.7 Å². The first-order valence-corrected chi connectivity index (χ1v) is 15.7. The fourth-order valence-electron chi connectivity index (χ4n) is 2.74. The minimum Gasteiger partial charge on any atom is -0.512 e. The number of allylic oxidation sites excluding steroid dienone is 4. The molecule has 41 heavy (non-hydrogen) atoms. The molecule has 244 valence electrons. The summed E-state index contributed by atoms with van der Waals surface area (Å²) in [4.78, 5) is 0. The molecule has 0 radical (unpaired) electrons. The van der Waals surface area contributed by atoms with Crippen molar-refractivity contribution in [1.82, 2.24) is 0 Å². The van der Waals surface area contributed by atoms with E-state index >= 15 is 0 Å². The summed E-state index contributed by atoms with van der Waals surface area (Å²) in [6.07, 6.45) is 13.8. The molecule has 0 aromatic rings. The number of hydrogen-bond donors (Lipinski definition) is 1. The maximum absolute atomic E-state index is 9.41. The number of aliphatic hydroxyl groups excluding tert-OH is 1. The Morgan fingerprint density at radius 1 is 0.610 bits per heavy atom. The zero-order valence-corrected chi connectivity index (χ0v) is 27.5. The van der Waals surface area contributed by atoms with Crippen molar-refractivity contribution in [2.75, 3.05) is 85.9 Å². The van der Waals surface area contributed by atoms with Gasteiger partial charge < -0.3 is 38.3 Å². The average Bonchev–Trinajstić information content (AvgIpc) is 3.18. The molecule has 0 aromatic heterocycles. The van der Waals surface area contributed by atoms with Gasteiger partial charge in [-0.3, -0.25) is 0 Å². The molecule has 8 nitrogen and oxygen atoms in total. The lowest BCUT2D eigenvalue weighted by atomic mass is 9.94. The van der Waals surface area contributed by atoms with E-state index in [4.69, 9.17) is 33.2 Å². The van der Waals surface area contributed by atoms with Gasteiger partial charge in [0.05, 0.1) is 78.4 Å². The summed E-state index contributed by atoms with van der Waals surface area (Å²) >= 11 is 0. The lowest BCUT2D eigenvalue weighted by molar-refractivity contribution is -0.0187. The predicted octanol–water partition coefficient (Wildman–Crippen LogP) is 7.44. The second-order valence-corrected chi connectivity index (χ2v) is 10.3. The van der Waals surface area contributed by atoms with Crippen molar-refractivity contribution in [2.24, 2.45) is 5.41 Å². The zero-order chi connectivity index (χ0) is 30.9. The highest BCUT2D eigenvalue weighted by Gasteiger charge is 2.03. The third-order valence-electron chi connectivity index (χ3n) is 5.61. The SMILES string of the molecule is CC.CCC(C)(C)C.CCCCCCOCCOCCOCCOCCOCCOCCOC1=CC=C(O)CC=C1. The van der Waals surface area contributed by atoms with Crippen molar-refractivity contribution in [3.63, 3.8) is 0 Å². The molecule has 1 aliphatic carbocycles. The molecule has 8 heteroatoms. The second-order valence-electron chi connectivity index (χ2n) is 10.3. The Kier molecular flexibility index (Phi) is 33.7. The Bertz CT molecular complexity index is 611. The summed E-state index contributed by atoms with van der Waals surface area (Å²) in [6, 6.07) is 0. The van der Waals surface area contributed by atoms with Crippen LogP contribution in [0.3, 0.4) is 0 Å². The Morgan fingerprint density at radius 3 is 1.44 bits per heavy atom. The summed E-state index contributed by atoms with van der Waals surface area (Å²) in [6.45, 7) is 22.4. The fraction of sp³-hybridized carbons (Fsp3) is 0.818. The molecule has 0 saturated carbocycles. The minimum atomic E-state index is 0.324. The van der Waals surface area contributed by atoms with E-state index in [-0.39, 0.29) is 0 Å². The topological polar surface area (TPSA) is 84.8 Å². The van der Waals surface area contributed by atoms with Gasteiger partial charge in [-0.05, 0) is 30.1 Å². The van der Waals surface area contributed by atoms with Gasteiger partial charge in [-0.2, -0.15) is 0 Å². The van der Waals surface area contributed by atoms with E-state index in [0.29, 0.717) is 103 Å². The van der Waals surface area contributed by atoms with Crippen molar-refractivity contribution >= 4 is 0 Å². The molecule has 0 fully saturated rings. The molecule has 1 N–H and O–H groups in total. The van der Waals surface area contributed by atoms with Crippen LogP contribution in [0.4, 0.5) is 0 Å². The normalized spacial score (nSPS) is 12.9. The number of unbranched alkanes of at least 4 members (excludes halogenated alkanes) is 3. The quantitative estimate of drug-likeness (QED) is 0.117. The van der Waals surface area contributed by atoms with Crippen LogP contribution in [-0.2, 0) is 33.2 Å². The van der Waals surface area contributed by atoms with Crippen LogP contribution in [0.5, 0.6) is 0 Å². The summed E-state index contributed by atoms with van der Waals surface area (Å²) in [5, 5.41) is 9.41. The molecule has 0 heterocycles. The molecule has 0 bridgehead atoms. The van der Waals surface area contributed by atoms with Crippen molar-refractivity contribution < 1.29 is 38.3 Å². The van der Waals surface area contributed by atoms with Gasteiger partial charge in [-0.1, -0.05) is 80.2 Å². The highest BCUT2D eigenvalue weighted by Crippen LogP contribution is 2.16. The number of hydrogen-bond acceptors (Lipinski definition) is 8. The van der Waals surface area contributed by atoms with Crippen LogP contribution in [0.25, 0.3) is 0 Å². The lowest BCUT2D eigenvalue weighted by Gasteiger charge is -2.12. The molecule has 1 rings (SSSR count). The number of aliphatic hydroxyl groups is 1. The van der Waals surface area contributed by atoms with E-state index in [0.717, 1.165) is 13.0 Å². The first-order chi connectivity index (χ1) is 19.9. The van der Waals surface area contributed by atoms with Crippen molar-refractivity contribution in [3.8, 4) is 0 Å². The van der Waals surface area contributed by atoms with Crippen molar-refractivity contribution in [2.45, 2.75) is 87.0 Å². The second kappa shape index (κ2) is 33.1. The van der Waals surface area contributed by atoms with Gasteiger partial charge in [-0.25, -0.2) is 0 Å². The van der Waals surface area contributed by atoms with E-state index in [1.807, 2.05) is 26.0 Å². The van der Waals surface area contributed by atoms with Gasteiger partial charge in [0, 0.05) is 13.0 Å². The molecule has 0 atom stereocenters. The van der Waals surface area contributed by atoms with Crippen LogP contribution in [-0.4, -0.2) is 91.0 Å². The Morgan fingerprint density at radius 2 is 1.02 bits per heavy atom. The summed E-state index contributed by atoms with van der Waals surface area (Å²) in [7, 11) is 0.